The number of hydrogen-bond acceptors (Lipinski definition) is 4. The monoisotopic (exact) mass is 318 g/mol. The predicted molar refractivity (Wildman–Crippen MR) is 91.6 cm³/mol. The summed E-state index contributed by atoms with van der Waals surface area (Å²) in [6.45, 7) is 4.93. The molecule has 118 valence electrons. The molecule has 1 amide bonds. The van der Waals surface area contributed by atoms with E-state index in [-0.39, 0.29) is 11.9 Å². The van der Waals surface area contributed by atoms with Crippen LogP contribution in [0.3, 0.4) is 0 Å². The largest absolute Gasteiger partial charge is 0.492 e. The number of amides is 1. The van der Waals surface area contributed by atoms with E-state index in [9.17, 15) is 4.79 Å². The van der Waals surface area contributed by atoms with Crippen LogP contribution >= 0.6 is 11.3 Å². The number of carbonyl (C=O) groups excluding carboxylic acids is 1. The Hall–Kier alpha value is -1.85. The molecule has 0 radical (unpaired) electrons. The fraction of sp³-hybridized carbons (Fsp3) is 0.353. The van der Waals surface area contributed by atoms with Gasteiger partial charge >= 0.3 is 0 Å². The number of thiophene rings is 1. The van der Waals surface area contributed by atoms with E-state index in [1.807, 2.05) is 49.2 Å². The van der Waals surface area contributed by atoms with Crippen molar-refractivity contribution in [3.63, 3.8) is 0 Å². The van der Waals surface area contributed by atoms with Gasteiger partial charge in [0, 0.05) is 10.9 Å². The summed E-state index contributed by atoms with van der Waals surface area (Å²) in [7, 11) is 1.96. The van der Waals surface area contributed by atoms with Crippen LogP contribution < -0.4 is 10.1 Å². The number of rotatable bonds is 7. The number of likely N-dealkylation sites (N-methyl/N-ethyl adjacent to an activating group) is 1. The van der Waals surface area contributed by atoms with Crippen LogP contribution in [-0.2, 0) is 4.79 Å². The second kappa shape index (κ2) is 7.96. The fourth-order valence-corrected chi connectivity index (χ4v) is 3.00. The minimum absolute atomic E-state index is 0.0435. The molecule has 0 spiro atoms. The maximum atomic E-state index is 12.2. The number of carbonyl (C=O) groups is 1. The first-order valence-corrected chi connectivity index (χ1v) is 8.25. The van der Waals surface area contributed by atoms with Gasteiger partial charge in [-0.1, -0.05) is 18.2 Å². The van der Waals surface area contributed by atoms with Crippen molar-refractivity contribution in [2.75, 3.05) is 25.5 Å². The van der Waals surface area contributed by atoms with Gasteiger partial charge in [-0.05, 0) is 44.5 Å². The quantitative estimate of drug-likeness (QED) is 0.845. The molecule has 5 heteroatoms. The molecule has 1 heterocycles. The van der Waals surface area contributed by atoms with E-state index in [0.717, 1.165) is 0 Å². The summed E-state index contributed by atoms with van der Waals surface area (Å²) in [4.78, 5) is 15.5. The molecule has 0 fully saturated rings. The van der Waals surface area contributed by atoms with Crippen LogP contribution in [0.15, 0.2) is 41.8 Å². The highest BCUT2D eigenvalue weighted by Crippen LogP contribution is 2.25. The zero-order valence-electron chi connectivity index (χ0n) is 13.2. The molecule has 0 aliphatic rings. The Morgan fingerprint density at radius 2 is 2.09 bits per heavy atom. The third kappa shape index (κ3) is 4.32. The van der Waals surface area contributed by atoms with E-state index < -0.39 is 0 Å². The number of benzene rings is 1. The number of hydrogen-bond donors (Lipinski definition) is 1. The average molecular weight is 318 g/mol. The molecule has 4 nitrogen and oxygen atoms in total. The van der Waals surface area contributed by atoms with E-state index in [4.69, 9.17) is 4.74 Å². The van der Waals surface area contributed by atoms with Crippen LogP contribution in [0.25, 0.3) is 0 Å². The minimum Gasteiger partial charge on any atom is -0.492 e. The molecule has 22 heavy (non-hydrogen) atoms. The molecule has 2 aromatic rings. The Labute approximate surface area is 135 Å². The number of ether oxygens (including phenoxy) is 1. The smallest absolute Gasteiger partial charge is 0.238 e. The molecule has 2 rings (SSSR count). The van der Waals surface area contributed by atoms with Crippen LogP contribution in [0.1, 0.15) is 24.8 Å². The highest BCUT2D eigenvalue weighted by Gasteiger charge is 2.16. The molecule has 1 unspecified atom stereocenters. The van der Waals surface area contributed by atoms with Crippen molar-refractivity contribution < 1.29 is 9.53 Å². The van der Waals surface area contributed by atoms with Crippen molar-refractivity contribution in [1.82, 2.24) is 4.90 Å². The van der Waals surface area contributed by atoms with Crippen molar-refractivity contribution in [2.45, 2.75) is 19.9 Å². The summed E-state index contributed by atoms with van der Waals surface area (Å²) in [5, 5.41) is 4.98. The highest BCUT2D eigenvalue weighted by molar-refractivity contribution is 7.10. The molecule has 0 aliphatic carbocycles. The maximum absolute atomic E-state index is 12.2. The Bertz CT molecular complexity index is 598. The molecule has 1 N–H and O–H groups in total. The maximum Gasteiger partial charge on any atom is 0.238 e. The number of anilines is 1. The van der Waals surface area contributed by atoms with Crippen LogP contribution in [-0.4, -0.2) is 31.0 Å². The summed E-state index contributed by atoms with van der Waals surface area (Å²) in [6.07, 6.45) is 0. The predicted octanol–water partition coefficient (Wildman–Crippen LogP) is 3.78. The van der Waals surface area contributed by atoms with Gasteiger partial charge in [-0.25, -0.2) is 0 Å². The van der Waals surface area contributed by atoms with Gasteiger partial charge in [-0.3, -0.25) is 9.69 Å². The zero-order chi connectivity index (χ0) is 15.9. The molecular weight excluding hydrogens is 296 g/mol. The van der Waals surface area contributed by atoms with Gasteiger partial charge in [0.2, 0.25) is 5.91 Å². The van der Waals surface area contributed by atoms with Crippen LogP contribution in [0.5, 0.6) is 5.75 Å². The van der Waals surface area contributed by atoms with E-state index in [1.54, 1.807) is 11.3 Å². The van der Waals surface area contributed by atoms with Crippen LogP contribution in [0.4, 0.5) is 5.69 Å². The molecule has 1 aromatic heterocycles. The van der Waals surface area contributed by atoms with Gasteiger partial charge in [-0.2, -0.15) is 0 Å². The molecular formula is C17H22N2O2S. The Balaban J connectivity index is 1.95. The summed E-state index contributed by atoms with van der Waals surface area (Å²) in [6, 6.07) is 11.8. The normalized spacial score (nSPS) is 12.2. The first-order chi connectivity index (χ1) is 10.6. The second-order valence-electron chi connectivity index (χ2n) is 5.08. The molecule has 0 saturated heterocycles. The lowest BCUT2D eigenvalue weighted by atomic mass is 10.2. The van der Waals surface area contributed by atoms with Gasteiger partial charge in [0.15, 0.2) is 0 Å². The van der Waals surface area contributed by atoms with Gasteiger partial charge in [0.05, 0.1) is 18.8 Å². The van der Waals surface area contributed by atoms with Crippen LogP contribution in [0.2, 0.25) is 0 Å². The summed E-state index contributed by atoms with van der Waals surface area (Å²) < 4.78 is 5.52. The van der Waals surface area contributed by atoms with Crippen molar-refractivity contribution in [3.05, 3.63) is 46.7 Å². The molecule has 0 saturated carbocycles. The molecule has 0 bridgehead atoms. The van der Waals surface area contributed by atoms with Gasteiger partial charge in [0.1, 0.15) is 5.75 Å². The zero-order valence-corrected chi connectivity index (χ0v) is 14.0. The van der Waals surface area contributed by atoms with E-state index in [0.29, 0.717) is 24.6 Å². The lowest BCUT2D eigenvalue weighted by molar-refractivity contribution is -0.117. The topological polar surface area (TPSA) is 41.6 Å². The first kappa shape index (κ1) is 16.5. The number of para-hydroxylation sites is 2. The molecule has 0 aliphatic heterocycles. The summed E-state index contributed by atoms with van der Waals surface area (Å²) in [5.41, 5.74) is 0.714. The van der Waals surface area contributed by atoms with Crippen molar-refractivity contribution in [3.8, 4) is 5.75 Å². The van der Waals surface area contributed by atoms with Gasteiger partial charge < -0.3 is 10.1 Å². The number of nitrogens with zero attached hydrogens (tertiary/aromatic N) is 1. The SMILES string of the molecule is CCOc1ccccc1NC(=O)CN(C)C(C)c1cccs1. The lowest BCUT2D eigenvalue weighted by Gasteiger charge is -2.23. The van der Waals surface area contributed by atoms with Crippen molar-refractivity contribution in [1.29, 1.82) is 0 Å². The Morgan fingerprint density at radius 3 is 2.77 bits per heavy atom. The Kier molecular flexibility index (Phi) is 5.98. The molecule has 1 atom stereocenters. The molecule has 1 aromatic carbocycles. The minimum atomic E-state index is -0.0435. The van der Waals surface area contributed by atoms with Crippen molar-refractivity contribution in [2.24, 2.45) is 0 Å². The van der Waals surface area contributed by atoms with E-state index in [1.165, 1.54) is 4.88 Å². The van der Waals surface area contributed by atoms with Gasteiger partial charge in [-0.15, -0.1) is 11.3 Å². The third-order valence-corrected chi connectivity index (χ3v) is 4.51. The van der Waals surface area contributed by atoms with Crippen LogP contribution in [0, 0.1) is 0 Å². The van der Waals surface area contributed by atoms with E-state index in [2.05, 4.69) is 23.7 Å². The standard InChI is InChI=1S/C17H22N2O2S/c1-4-21-15-9-6-5-8-14(15)18-17(20)12-19(3)13(2)16-10-7-11-22-16/h5-11,13H,4,12H2,1-3H3,(H,18,20). The number of nitrogens with one attached hydrogen (secondary N) is 1. The highest BCUT2D eigenvalue weighted by atomic mass is 32.1. The first-order valence-electron chi connectivity index (χ1n) is 7.37. The lowest BCUT2D eigenvalue weighted by Crippen LogP contribution is -2.32. The third-order valence-electron chi connectivity index (χ3n) is 3.47. The van der Waals surface area contributed by atoms with Gasteiger partial charge in [0.25, 0.3) is 0 Å². The average Bonchev–Trinajstić information content (AvgIpc) is 3.03. The second-order valence-corrected chi connectivity index (χ2v) is 6.06. The summed E-state index contributed by atoms with van der Waals surface area (Å²) in [5.74, 6) is 0.658. The summed E-state index contributed by atoms with van der Waals surface area (Å²) >= 11 is 1.71. The Morgan fingerprint density at radius 1 is 1.32 bits per heavy atom. The van der Waals surface area contributed by atoms with Crippen molar-refractivity contribution >= 4 is 22.9 Å². The van der Waals surface area contributed by atoms with E-state index >= 15 is 0 Å². The fourth-order valence-electron chi connectivity index (χ4n) is 2.15.